The Morgan fingerprint density at radius 2 is 1.77 bits per heavy atom. The maximum atomic E-state index is 2.50. The summed E-state index contributed by atoms with van der Waals surface area (Å²) < 4.78 is 0. The predicted molar refractivity (Wildman–Crippen MR) is 59.0 cm³/mol. The molecule has 1 nitrogen and oxygen atoms in total. The molecule has 78 valence electrons. The van der Waals surface area contributed by atoms with Gasteiger partial charge in [0.25, 0.3) is 0 Å². The topological polar surface area (TPSA) is 3.24 Å². The van der Waals surface area contributed by atoms with Gasteiger partial charge in [0.05, 0.1) is 0 Å². The zero-order chi connectivity index (χ0) is 9.90. The Morgan fingerprint density at radius 1 is 1.15 bits per heavy atom. The molecule has 0 aromatic heterocycles. The molecule has 13 heavy (non-hydrogen) atoms. The molecule has 2 aliphatic rings. The molecule has 1 aliphatic carbocycles. The van der Waals surface area contributed by atoms with E-state index in [4.69, 9.17) is 0 Å². The van der Waals surface area contributed by atoms with Gasteiger partial charge in [-0.15, -0.1) is 0 Å². The average molecular weight is 183 g/mol. The lowest BCUT2D eigenvalue weighted by Crippen LogP contribution is -2.46. The Labute approximate surface area is 83.5 Å². The first kappa shape index (κ1) is 11.0. The Morgan fingerprint density at radius 3 is 2.15 bits per heavy atom. The molecule has 0 aromatic carbocycles. The lowest BCUT2D eigenvalue weighted by atomic mass is 9.62. The van der Waals surface area contributed by atoms with Gasteiger partial charge in [-0.3, -0.25) is 0 Å². The molecule has 1 saturated carbocycles. The lowest BCUT2D eigenvalue weighted by molar-refractivity contribution is 0.0128. The second kappa shape index (κ2) is 4.45. The zero-order valence-corrected chi connectivity index (χ0v) is 9.77. The summed E-state index contributed by atoms with van der Waals surface area (Å²) in [6.07, 6.45) is 7.46. The van der Waals surface area contributed by atoms with Crippen LogP contribution in [0.4, 0.5) is 0 Å². The van der Waals surface area contributed by atoms with Crippen LogP contribution in [0.2, 0.25) is 0 Å². The smallest absolute Gasteiger partial charge is 0.00691 e. The molecule has 2 rings (SSSR count). The van der Waals surface area contributed by atoms with Gasteiger partial charge in [-0.1, -0.05) is 20.3 Å². The highest BCUT2D eigenvalue weighted by atomic mass is 15.1. The molecular formula is C12H25N. The third-order valence-electron chi connectivity index (χ3n) is 3.89. The van der Waals surface area contributed by atoms with Crippen molar-refractivity contribution >= 4 is 0 Å². The second-order valence-corrected chi connectivity index (χ2v) is 4.64. The van der Waals surface area contributed by atoms with Gasteiger partial charge in [-0.25, -0.2) is 0 Å². The maximum absolute atomic E-state index is 2.50. The van der Waals surface area contributed by atoms with Crippen molar-refractivity contribution in [1.29, 1.82) is 0 Å². The minimum atomic E-state index is 0.811. The molecule has 0 N–H and O–H groups in total. The third kappa shape index (κ3) is 2.25. The molecule has 0 radical (unpaired) electrons. The monoisotopic (exact) mass is 183 g/mol. The summed E-state index contributed by atoms with van der Waals surface area (Å²) in [4.78, 5) is 2.50. The predicted octanol–water partition coefficient (Wildman–Crippen LogP) is 3.30. The van der Waals surface area contributed by atoms with Crippen molar-refractivity contribution in [3.05, 3.63) is 0 Å². The average Bonchev–Trinajstić information content (AvgIpc) is 2.11. The van der Waals surface area contributed by atoms with E-state index in [1.54, 1.807) is 0 Å². The molecule has 1 aliphatic heterocycles. The van der Waals surface area contributed by atoms with Gasteiger partial charge in [0.1, 0.15) is 0 Å². The molecule has 1 heterocycles. The molecule has 0 amide bonds. The second-order valence-electron chi connectivity index (χ2n) is 4.64. The van der Waals surface area contributed by atoms with Gasteiger partial charge in [-0.05, 0) is 51.6 Å². The van der Waals surface area contributed by atoms with E-state index in [0.29, 0.717) is 0 Å². The Bertz CT molecular complexity index is 149. The fourth-order valence-corrected chi connectivity index (χ4v) is 2.65. The summed E-state index contributed by atoms with van der Waals surface area (Å²) in [5.41, 5.74) is 0.811. The standard InChI is InChI=1S/C10H19N.C2H6/c1-9-8-10(4-3-5-10)6-7-11(9)2;1-2/h9H,3-8H2,1-2H3;1-2H3. The molecule has 2 fully saturated rings. The SMILES string of the molecule is CC.CC1CC2(CCC2)CCN1C. The minimum Gasteiger partial charge on any atom is -0.304 e. The molecule has 0 bridgehead atoms. The Hall–Kier alpha value is -0.0400. The van der Waals surface area contributed by atoms with E-state index in [9.17, 15) is 0 Å². The highest BCUT2D eigenvalue weighted by molar-refractivity contribution is 4.94. The van der Waals surface area contributed by atoms with Gasteiger partial charge in [0.15, 0.2) is 0 Å². The van der Waals surface area contributed by atoms with E-state index in [-0.39, 0.29) is 0 Å². The summed E-state index contributed by atoms with van der Waals surface area (Å²) >= 11 is 0. The van der Waals surface area contributed by atoms with Crippen LogP contribution in [0.5, 0.6) is 0 Å². The molecular weight excluding hydrogens is 158 g/mol. The highest BCUT2D eigenvalue weighted by Gasteiger charge is 2.41. The van der Waals surface area contributed by atoms with Crippen molar-refractivity contribution < 1.29 is 0 Å². The normalized spacial score (nSPS) is 31.8. The molecule has 1 unspecified atom stereocenters. The highest BCUT2D eigenvalue weighted by Crippen LogP contribution is 2.50. The fourth-order valence-electron chi connectivity index (χ4n) is 2.65. The van der Waals surface area contributed by atoms with E-state index >= 15 is 0 Å². The summed E-state index contributed by atoms with van der Waals surface area (Å²) in [6, 6.07) is 0.837. The first-order valence-corrected chi connectivity index (χ1v) is 5.92. The first-order valence-electron chi connectivity index (χ1n) is 5.92. The number of hydrogen-bond acceptors (Lipinski definition) is 1. The van der Waals surface area contributed by atoms with Crippen LogP contribution in [0.1, 0.15) is 52.9 Å². The largest absolute Gasteiger partial charge is 0.304 e. The van der Waals surface area contributed by atoms with E-state index in [0.717, 1.165) is 11.5 Å². The quantitative estimate of drug-likeness (QED) is 0.557. The van der Waals surface area contributed by atoms with E-state index in [1.807, 2.05) is 13.8 Å². The van der Waals surface area contributed by atoms with Gasteiger partial charge in [-0.2, -0.15) is 0 Å². The number of rotatable bonds is 0. The van der Waals surface area contributed by atoms with E-state index in [2.05, 4.69) is 18.9 Å². The lowest BCUT2D eigenvalue weighted by Gasteiger charge is -2.50. The number of hydrogen-bond donors (Lipinski definition) is 0. The van der Waals surface area contributed by atoms with Crippen molar-refractivity contribution in [3.63, 3.8) is 0 Å². The van der Waals surface area contributed by atoms with Gasteiger partial charge >= 0.3 is 0 Å². The van der Waals surface area contributed by atoms with Gasteiger partial charge in [0.2, 0.25) is 0 Å². The molecule has 1 spiro atoms. The minimum absolute atomic E-state index is 0.811. The third-order valence-corrected chi connectivity index (χ3v) is 3.89. The van der Waals surface area contributed by atoms with Crippen molar-refractivity contribution in [1.82, 2.24) is 4.90 Å². The first-order chi connectivity index (χ1) is 6.22. The molecule has 0 aromatic rings. The van der Waals surface area contributed by atoms with Crippen LogP contribution >= 0.6 is 0 Å². The molecule has 1 saturated heterocycles. The van der Waals surface area contributed by atoms with Crippen LogP contribution in [0, 0.1) is 5.41 Å². The maximum Gasteiger partial charge on any atom is 0.00691 e. The number of piperidine rings is 1. The van der Waals surface area contributed by atoms with E-state index in [1.165, 1.54) is 38.6 Å². The van der Waals surface area contributed by atoms with Crippen LogP contribution in [0.25, 0.3) is 0 Å². The Balaban J connectivity index is 0.000000396. The van der Waals surface area contributed by atoms with Crippen molar-refractivity contribution in [2.24, 2.45) is 5.41 Å². The van der Waals surface area contributed by atoms with Crippen molar-refractivity contribution in [3.8, 4) is 0 Å². The summed E-state index contributed by atoms with van der Waals surface area (Å²) in [7, 11) is 2.26. The number of nitrogens with zero attached hydrogens (tertiary/aromatic N) is 1. The molecule has 1 atom stereocenters. The van der Waals surface area contributed by atoms with Crippen LogP contribution in [-0.2, 0) is 0 Å². The number of likely N-dealkylation sites (tertiary alicyclic amines) is 1. The summed E-state index contributed by atoms with van der Waals surface area (Å²) in [5, 5.41) is 0. The van der Waals surface area contributed by atoms with Crippen LogP contribution in [0.15, 0.2) is 0 Å². The molecule has 1 heteroatoms. The summed E-state index contributed by atoms with van der Waals surface area (Å²) in [6.45, 7) is 7.71. The van der Waals surface area contributed by atoms with Gasteiger partial charge in [0, 0.05) is 6.04 Å². The zero-order valence-electron chi connectivity index (χ0n) is 9.77. The van der Waals surface area contributed by atoms with E-state index < -0.39 is 0 Å². The van der Waals surface area contributed by atoms with Crippen LogP contribution < -0.4 is 0 Å². The van der Waals surface area contributed by atoms with Crippen LogP contribution in [0.3, 0.4) is 0 Å². The van der Waals surface area contributed by atoms with Crippen molar-refractivity contribution in [2.75, 3.05) is 13.6 Å². The fraction of sp³-hybridized carbons (Fsp3) is 1.00. The Kier molecular flexibility index (Phi) is 3.78. The van der Waals surface area contributed by atoms with Gasteiger partial charge < -0.3 is 4.90 Å². The van der Waals surface area contributed by atoms with Crippen molar-refractivity contribution in [2.45, 2.75) is 58.9 Å². The summed E-state index contributed by atoms with van der Waals surface area (Å²) in [5.74, 6) is 0. The van der Waals surface area contributed by atoms with Crippen LogP contribution in [-0.4, -0.2) is 24.5 Å².